The van der Waals surface area contributed by atoms with Crippen molar-refractivity contribution in [3.63, 3.8) is 0 Å². The summed E-state index contributed by atoms with van der Waals surface area (Å²) in [6.45, 7) is 4.64. The highest BCUT2D eigenvalue weighted by Crippen LogP contribution is 2.17. The summed E-state index contributed by atoms with van der Waals surface area (Å²) in [5.74, 6) is 0.258. The minimum Gasteiger partial charge on any atom is -0.349 e. The number of nitrogens with zero attached hydrogens (tertiary/aromatic N) is 1. The van der Waals surface area contributed by atoms with Crippen molar-refractivity contribution in [2.75, 3.05) is 0 Å². The van der Waals surface area contributed by atoms with E-state index in [1.165, 1.54) is 10.4 Å². The number of carbonyl (C=O) groups is 1. The molecule has 0 radical (unpaired) electrons. The third-order valence-corrected chi connectivity index (χ3v) is 4.59. The first-order valence-electron chi connectivity index (χ1n) is 7.48. The number of nitrogens with one attached hydrogen (secondary N) is 1. The summed E-state index contributed by atoms with van der Waals surface area (Å²) in [4.78, 5) is 17.6. The first kappa shape index (κ1) is 15.7. The molecule has 1 aromatic carbocycles. The van der Waals surface area contributed by atoms with Gasteiger partial charge in [0.2, 0.25) is 5.91 Å². The first-order valence-corrected chi connectivity index (χ1v) is 8.29. The minimum absolute atomic E-state index is 0.119. The third-order valence-electron chi connectivity index (χ3n) is 3.59. The van der Waals surface area contributed by atoms with Crippen molar-refractivity contribution < 1.29 is 4.79 Å². The summed E-state index contributed by atoms with van der Waals surface area (Å²) >= 11 is 1.67. The van der Waals surface area contributed by atoms with Gasteiger partial charge in [0.05, 0.1) is 6.54 Å². The van der Waals surface area contributed by atoms with Crippen LogP contribution in [0.2, 0.25) is 0 Å². The van der Waals surface area contributed by atoms with E-state index in [0.29, 0.717) is 6.54 Å². The Balaban J connectivity index is 1.87. The largest absolute Gasteiger partial charge is 0.349 e. The van der Waals surface area contributed by atoms with Crippen LogP contribution >= 0.6 is 11.3 Å². The summed E-state index contributed by atoms with van der Waals surface area (Å²) in [5, 5.41) is 3.96. The maximum atomic E-state index is 11.9. The molecule has 1 amide bonds. The van der Waals surface area contributed by atoms with Crippen LogP contribution in [-0.2, 0) is 17.8 Å². The predicted octanol–water partition coefficient (Wildman–Crippen LogP) is 3.79. The molecule has 2 aromatic rings. The Morgan fingerprint density at radius 3 is 2.62 bits per heavy atom. The van der Waals surface area contributed by atoms with E-state index in [-0.39, 0.29) is 11.8 Å². The highest BCUT2D eigenvalue weighted by atomic mass is 32.1. The Kier molecular flexibility index (Phi) is 5.93. The lowest BCUT2D eigenvalue weighted by Crippen LogP contribution is -2.29. The number of thiazole rings is 1. The van der Waals surface area contributed by atoms with Gasteiger partial charge >= 0.3 is 0 Å². The number of rotatable bonds is 7. The summed E-state index contributed by atoms with van der Waals surface area (Å²) in [6, 6.07) is 10.4. The lowest BCUT2D eigenvalue weighted by molar-refractivity contribution is -0.125. The van der Waals surface area contributed by atoms with E-state index in [0.717, 1.165) is 24.3 Å². The molecule has 0 aliphatic heterocycles. The number of aromatic nitrogens is 1. The van der Waals surface area contributed by atoms with Crippen LogP contribution in [0.1, 0.15) is 42.1 Å². The number of hydrogen-bond donors (Lipinski definition) is 1. The average molecular weight is 302 g/mol. The van der Waals surface area contributed by atoms with Gasteiger partial charge in [-0.2, -0.15) is 0 Å². The van der Waals surface area contributed by atoms with Gasteiger partial charge in [-0.15, -0.1) is 11.3 Å². The van der Waals surface area contributed by atoms with E-state index < -0.39 is 0 Å². The molecule has 0 fully saturated rings. The monoisotopic (exact) mass is 302 g/mol. The molecular weight excluding hydrogens is 280 g/mol. The fraction of sp³-hybridized carbons (Fsp3) is 0.412. The van der Waals surface area contributed by atoms with Crippen LogP contribution in [0.5, 0.6) is 0 Å². The fourth-order valence-electron chi connectivity index (χ4n) is 2.28. The van der Waals surface area contributed by atoms with Crippen molar-refractivity contribution in [1.29, 1.82) is 0 Å². The van der Waals surface area contributed by atoms with Gasteiger partial charge in [0.25, 0.3) is 0 Å². The van der Waals surface area contributed by atoms with Crippen LogP contribution in [0.4, 0.5) is 0 Å². The Bertz CT molecular complexity index is 561. The van der Waals surface area contributed by atoms with E-state index in [2.05, 4.69) is 36.3 Å². The van der Waals surface area contributed by atoms with E-state index in [1.54, 1.807) is 11.3 Å². The van der Waals surface area contributed by atoms with Crippen LogP contribution in [-0.4, -0.2) is 10.9 Å². The SMILES string of the molecule is CCC(CC)C(=O)NCc1ncc(Cc2ccccc2)s1. The number of amides is 1. The van der Waals surface area contributed by atoms with Crippen molar-refractivity contribution in [2.24, 2.45) is 5.92 Å². The van der Waals surface area contributed by atoms with Gasteiger partial charge < -0.3 is 5.32 Å². The lowest BCUT2D eigenvalue weighted by Gasteiger charge is -2.11. The van der Waals surface area contributed by atoms with Crippen LogP contribution in [0.25, 0.3) is 0 Å². The molecule has 0 unspecified atom stereocenters. The van der Waals surface area contributed by atoms with Gasteiger partial charge in [0.15, 0.2) is 0 Å². The predicted molar refractivity (Wildman–Crippen MR) is 87.3 cm³/mol. The number of hydrogen-bond acceptors (Lipinski definition) is 3. The molecule has 1 aromatic heterocycles. The lowest BCUT2D eigenvalue weighted by atomic mass is 10.0. The molecule has 21 heavy (non-hydrogen) atoms. The summed E-state index contributed by atoms with van der Waals surface area (Å²) in [7, 11) is 0. The first-order chi connectivity index (χ1) is 10.2. The molecule has 2 rings (SSSR count). The second kappa shape index (κ2) is 7.93. The second-order valence-electron chi connectivity index (χ2n) is 5.11. The summed E-state index contributed by atoms with van der Waals surface area (Å²) in [6.07, 6.45) is 4.59. The van der Waals surface area contributed by atoms with Gasteiger partial charge in [0.1, 0.15) is 5.01 Å². The molecule has 3 nitrogen and oxygen atoms in total. The third kappa shape index (κ3) is 4.67. The molecule has 1 heterocycles. The molecule has 0 bridgehead atoms. The molecule has 0 atom stereocenters. The molecule has 0 spiro atoms. The van der Waals surface area contributed by atoms with Gasteiger partial charge in [-0.1, -0.05) is 44.2 Å². The maximum absolute atomic E-state index is 11.9. The van der Waals surface area contributed by atoms with Crippen molar-refractivity contribution in [2.45, 2.75) is 39.7 Å². The van der Waals surface area contributed by atoms with Gasteiger partial charge in [-0.3, -0.25) is 4.79 Å². The molecule has 0 aliphatic carbocycles. The average Bonchev–Trinajstić information content (AvgIpc) is 2.95. The van der Waals surface area contributed by atoms with Crippen molar-refractivity contribution >= 4 is 17.2 Å². The van der Waals surface area contributed by atoms with Crippen LogP contribution in [0, 0.1) is 5.92 Å². The van der Waals surface area contributed by atoms with Gasteiger partial charge in [-0.25, -0.2) is 4.98 Å². The van der Waals surface area contributed by atoms with Crippen LogP contribution in [0.15, 0.2) is 36.5 Å². The second-order valence-corrected chi connectivity index (χ2v) is 6.31. The van der Waals surface area contributed by atoms with E-state index in [9.17, 15) is 4.79 Å². The number of benzene rings is 1. The molecule has 0 saturated carbocycles. The topological polar surface area (TPSA) is 42.0 Å². The highest BCUT2D eigenvalue weighted by Gasteiger charge is 2.14. The molecule has 112 valence electrons. The van der Waals surface area contributed by atoms with E-state index in [4.69, 9.17) is 0 Å². The molecule has 0 aliphatic rings. The van der Waals surface area contributed by atoms with Crippen LogP contribution in [0.3, 0.4) is 0 Å². The Morgan fingerprint density at radius 2 is 1.95 bits per heavy atom. The highest BCUT2D eigenvalue weighted by molar-refractivity contribution is 7.11. The van der Waals surface area contributed by atoms with Crippen LogP contribution < -0.4 is 5.32 Å². The van der Waals surface area contributed by atoms with E-state index in [1.807, 2.05) is 24.4 Å². The van der Waals surface area contributed by atoms with Crippen molar-refractivity contribution in [3.8, 4) is 0 Å². The Hall–Kier alpha value is -1.68. The normalized spacial score (nSPS) is 10.8. The van der Waals surface area contributed by atoms with Crippen molar-refractivity contribution in [3.05, 3.63) is 52.0 Å². The zero-order valence-corrected chi connectivity index (χ0v) is 13.5. The molecule has 4 heteroatoms. The standard InChI is InChI=1S/C17H22N2OS/c1-3-14(4-2)17(20)19-12-16-18-11-15(21-16)10-13-8-6-5-7-9-13/h5-9,11,14H,3-4,10,12H2,1-2H3,(H,19,20). The smallest absolute Gasteiger partial charge is 0.223 e. The minimum atomic E-state index is 0.119. The molecule has 1 N–H and O–H groups in total. The molecular formula is C17H22N2OS. The van der Waals surface area contributed by atoms with E-state index >= 15 is 0 Å². The Labute approximate surface area is 130 Å². The zero-order valence-electron chi connectivity index (χ0n) is 12.6. The number of carbonyl (C=O) groups excluding carboxylic acids is 1. The quantitative estimate of drug-likeness (QED) is 0.845. The zero-order chi connectivity index (χ0) is 15.1. The molecule has 0 saturated heterocycles. The fourth-order valence-corrected chi connectivity index (χ4v) is 3.17. The summed E-state index contributed by atoms with van der Waals surface area (Å²) < 4.78 is 0. The maximum Gasteiger partial charge on any atom is 0.223 e. The van der Waals surface area contributed by atoms with Gasteiger partial charge in [0, 0.05) is 23.4 Å². The van der Waals surface area contributed by atoms with Crippen molar-refractivity contribution in [1.82, 2.24) is 10.3 Å². The Morgan fingerprint density at radius 1 is 1.24 bits per heavy atom. The van der Waals surface area contributed by atoms with Gasteiger partial charge in [-0.05, 0) is 18.4 Å². The summed E-state index contributed by atoms with van der Waals surface area (Å²) in [5.41, 5.74) is 1.29.